The Morgan fingerprint density at radius 2 is 1.38 bits per heavy atom. The Labute approximate surface area is 191 Å². The van der Waals surface area contributed by atoms with E-state index in [-0.39, 0.29) is 22.5 Å². The van der Waals surface area contributed by atoms with Crippen LogP contribution >= 0.6 is 0 Å². The van der Waals surface area contributed by atoms with Crippen molar-refractivity contribution in [1.29, 1.82) is 0 Å². The van der Waals surface area contributed by atoms with Gasteiger partial charge in [-0.1, -0.05) is 66.7 Å². The van der Waals surface area contributed by atoms with Crippen LogP contribution in [0.3, 0.4) is 0 Å². The molecule has 0 radical (unpaired) electrons. The zero-order valence-corrected chi connectivity index (χ0v) is 17.3. The summed E-state index contributed by atoms with van der Waals surface area (Å²) in [6.07, 6.45) is -6.11. The first kappa shape index (κ1) is 21.6. The Balaban J connectivity index is 1.60. The summed E-state index contributed by atoms with van der Waals surface area (Å²) in [4.78, 5) is 39.9. The fraction of sp³-hybridized carbons (Fsp3) is 0.115. The van der Waals surface area contributed by atoms with Crippen molar-refractivity contribution < 1.29 is 37.0 Å². The number of benzene rings is 3. The molecule has 2 atom stereocenters. The van der Waals surface area contributed by atoms with Gasteiger partial charge in [-0.25, -0.2) is 0 Å². The third-order valence-corrected chi connectivity index (χ3v) is 5.76. The predicted molar refractivity (Wildman–Crippen MR) is 114 cm³/mol. The molecule has 3 aromatic rings. The van der Waals surface area contributed by atoms with Crippen LogP contribution in [0, 0.1) is 0 Å². The van der Waals surface area contributed by atoms with Gasteiger partial charge in [-0.3, -0.25) is 14.4 Å². The molecule has 8 heteroatoms. The molecule has 0 bridgehead atoms. The molecule has 0 aromatic heterocycles. The molecule has 5 nitrogen and oxygen atoms in total. The summed E-state index contributed by atoms with van der Waals surface area (Å²) in [5.41, 5.74) is 1.03. The predicted octanol–water partition coefficient (Wildman–Crippen LogP) is 5.28. The lowest BCUT2D eigenvalue weighted by Crippen LogP contribution is -2.28. The molecule has 0 fully saturated rings. The first-order valence-corrected chi connectivity index (χ1v) is 10.3. The van der Waals surface area contributed by atoms with Crippen LogP contribution in [0.2, 0.25) is 0 Å². The van der Waals surface area contributed by atoms with Gasteiger partial charge in [0.1, 0.15) is 5.75 Å². The number of fused-ring (bicyclic) bond motifs is 1. The zero-order valence-electron chi connectivity index (χ0n) is 17.3. The maximum atomic E-state index is 13.4. The van der Waals surface area contributed by atoms with Crippen molar-refractivity contribution in [3.8, 4) is 5.75 Å². The molecular weight excluding hydrogens is 449 g/mol. The van der Waals surface area contributed by atoms with Crippen molar-refractivity contribution in [1.82, 2.24) is 0 Å². The molecule has 5 rings (SSSR count). The number of alkyl halides is 3. The van der Waals surface area contributed by atoms with Gasteiger partial charge in [-0.2, -0.15) is 0 Å². The standard InChI is InChI=1S/C26H15F3O5/c27-26(28,29)34-16-12-10-14(11-13-16)19-20-22(31)17-8-4-5-9-18(17)23(32)25(20)33-24(19)21(30)15-6-2-1-3-7-15/h1-13,19,24H/t19-,24-/m1/s1. The quantitative estimate of drug-likeness (QED) is 0.491. The average molecular weight is 464 g/mol. The summed E-state index contributed by atoms with van der Waals surface area (Å²) in [6, 6.07) is 19.3. The van der Waals surface area contributed by atoms with E-state index in [1.165, 1.54) is 24.3 Å². The summed E-state index contributed by atoms with van der Waals surface area (Å²) in [7, 11) is 0. The molecule has 170 valence electrons. The number of halogens is 3. The number of carbonyl (C=O) groups is 3. The van der Waals surface area contributed by atoms with Gasteiger partial charge in [0.2, 0.25) is 11.6 Å². The molecule has 1 aliphatic heterocycles. The normalized spacial score (nSPS) is 19.4. The smallest absolute Gasteiger partial charge is 0.477 e. The molecule has 1 heterocycles. The van der Waals surface area contributed by atoms with E-state index in [1.807, 2.05) is 0 Å². The highest BCUT2D eigenvalue weighted by Gasteiger charge is 2.50. The molecule has 0 N–H and O–H groups in total. The lowest BCUT2D eigenvalue weighted by molar-refractivity contribution is -0.274. The summed E-state index contributed by atoms with van der Waals surface area (Å²) >= 11 is 0. The van der Waals surface area contributed by atoms with Gasteiger partial charge >= 0.3 is 6.36 Å². The number of ketones is 3. The van der Waals surface area contributed by atoms with Crippen LogP contribution < -0.4 is 4.74 Å². The highest BCUT2D eigenvalue weighted by Crippen LogP contribution is 2.46. The number of ether oxygens (including phenoxy) is 2. The summed E-state index contributed by atoms with van der Waals surface area (Å²) in [6.45, 7) is 0. The Kier molecular flexibility index (Phi) is 5.08. The van der Waals surface area contributed by atoms with Gasteiger partial charge in [0.25, 0.3) is 0 Å². The first-order valence-electron chi connectivity index (χ1n) is 10.3. The van der Waals surface area contributed by atoms with Crippen molar-refractivity contribution in [3.05, 3.63) is 112 Å². The number of hydrogen-bond acceptors (Lipinski definition) is 5. The minimum Gasteiger partial charge on any atom is -0.477 e. The van der Waals surface area contributed by atoms with Crippen LogP contribution in [0.4, 0.5) is 13.2 Å². The van der Waals surface area contributed by atoms with Crippen LogP contribution in [-0.2, 0) is 4.74 Å². The van der Waals surface area contributed by atoms with E-state index in [4.69, 9.17) is 4.74 Å². The van der Waals surface area contributed by atoms with Gasteiger partial charge < -0.3 is 9.47 Å². The van der Waals surface area contributed by atoms with E-state index < -0.39 is 41.5 Å². The maximum absolute atomic E-state index is 13.4. The Hall–Kier alpha value is -4.20. The Bertz CT molecular complexity index is 1340. The van der Waals surface area contributed by atoms with Crippen LogP contribution in [-0.4, -0.2) is 29.8 Å². The Morgan fingerprint density at radius 1 is 0.794 bits per heavy atom. The van der Waals surface area contributed by atoms with E-state index in [2.05, 4.69) is 4.74 Å². The molecule has 34 heavy (non-hydrogen) atoms. The van der Waals surface area contributed by atoms with Crippen LogP contribution in [0.5, 0.6) is 5.75 Å². The highest BCUT2D eigenvalue weighted by molar-refractivity contribution is 6.27. The Morgan fingerprint density at radius 3 is 2.00 bits per heavy atom. The maximum Gasteiger partial charge on any atom is 0.573 e. The summed E-state index contributed by atoms with van der Waals surface area (Å²) < 4.78 is 47.5. The first-order chi connectivity index (χ1) is 16.2. The topological polar surface area (TPSA) is 69.7 Å². The van der Waals surface area contributed by atoms with Gasteiger partial charge in [-0.15, -0.1) is 13.2 Å². The largest absolute Gasteiger partial charge is 0.573 e. The lowest BCUT2D eigenvalue weighted by atomic mass is 9.78. The SMILES string of the molecule is O=C1C2=C(C(=O)c3ccccc31)[C@@H](c1ccc(OC(F)(F)F)cc1)[C@H](C(=O)c1ccccc1)O2. The fourth-order valence-electron chi connectivity index (χ4n) is 4.31. The van der Waals surface area contributed by atoms with Gasteiger partial charge in [0, 0.05) is 16.7 Å². The average Bonchev–Trinajstić information content (AvgIpc) is 3.23. The van der Waals surface area contributed by atoms with E-state index in [0.29, 0.717) is 11.1 Å². The van der Waals surface area contributed by atoms with Crippen molar-refractivity contribution in [2.45, 2.75) is 18.4 Å². The second-order valence-corrected chi connectivity index (χ2v) is 7.81. The molecule has 0 unspecified atom stereocenters. The highest BCUT2D eigenvalue weighted by atomic mass is 19.4. The molecule has 0 amide bonds. The molecule has 2 aliphatic rings. The van der Waals surface area contributed by atoms with Gasteiger partial charge in [-0.05, 0) is 17.7 Å². The van der Waals surface area contributed by atoms with Gasteiger partial charge in [0.05, 0.1) is 11.5 Å². The van der Waals surface area contributed by atoms with Crippen molar-refractivity contribution in [2.24, 2.45) is 0 Å². The number of Topliss-reactive ketones (excluding diaryl/α,β-unsaturated/α-hetero) is 3. The molecule has 1 aliphatic carbocycles. The van der Waals surface area contributed by atoms with Crippen molar-refractivity contribution >= 4 is 17.3 Å². The van der Waals surface area contributed by atoms with Crippen molar-refractivity contribution in [3.63, 3.8) is 0 Å². The van der Waals surface area contributed by atoms with Crippen LogP contribution in [0.25, 0.3) is 0 Å². The van der Waals surface area contributed by atoms with Crippen LogP contribution in [0.15, 0.2) is 90.2 Å². The van der Waals surface area contributed by atoms with Crippen LogP contribution in [0.1, 0.15) is 42.6 Å². The lowest BCUT2D eigenvalue weighted by Gasteiger charge is -2.21. The second-order valence-electron chi connectivity index (χ2n) is 7.81. The van der Waals surface area contributed by atoms with Gasteiger partial charge in [0.15, 0.2) is 17.6 Å². The molecule has 0 saturated carbocycles. The third-order valence-electron chi connectivity index (χ3n) is 5.76. The molecule has 3 aromatic carbocycles. The van der Waals surface area contributed by atoms with E-state index in [0.717, 1.165) is 12.1 Å². The van der Waals surface area contributed by atoms with E-state index >= 15 is 0 Å². The second kappa shape index (κ2) is 7.98. The summed E-state index contributed by atoms with van der Waals surface area (Å²) in [5, 5.41) is 0. The summed E-state index contributed by atoms with van der Waals surface area (Å²) in [5.74, 6) is -3.09. The van der Waals surface area contributed by atoms with E-state index in [1.54, 1.807) is 42.5 Å². The minimum atomic E-state index is -4.87. The fourth-order valence-corrected chi connectivity index (χ4v) is 4.31. The molecular formula is C26H15F3O5. The molecule has 0 saturated heterocycles. The van der Waals surface area contributed by atoms with E-state index in [9.17, 15) is 27.6 Å². The zero-order chi connectivity index (χ0) is 24.0. The number of carbonyl (C=O) groups excluding carboxylic acids is 3. The third kappa shape index (κ3) is 3.67. The molecule has 0 spiro atoms. The minimum absolute atomic E-state index is 0.0162. The number of rotatable bonds is 4. The number of hydrogen-bond donors (Lipinski definition) is 0. The number of allylic oxidation sites excluding steroid dienone is 1. The van der Waals surface area contributed by atoms with Crippen molar-refractivity contribution in [2.75, 3.05) is 0 Å². The monoisotopic (exact) mass is 464 g/mol.